The smallest absolute Gasteiger partial charge is 0.305 e. The van der Waals surface area contributed by atoms with E-state index in [1.165, 1.54) is 0 Å². The number of benzene rings is 1. The van der Waals surface area contributed by atoms with Gasteiger partial charge in [-0.1, -0.05) is 24.3 Å². The van der Waals surface area contributed by atoms with Gasteiger partial charge in [0.15, 0.2) is 5.52 Å². The van der Waals surface area contributed by atoms with Crippen molar-refractivity contribution in [3.8, 4) is 11.3 Å². The van der Waals surface area contributed by atoms with Gasteiger partial charge in [0.2, 0.25) is 0 Å². The second-order valence-corrected chi connectivity index (χ2v) is 6.86. The van der Waals surface area contributed by atoms with Crippen molar-refractivity contribution in [3.63, 3.8) is 0 Å². The van der Waals surface area contributed by atoms with Crippen LogP contribution in [0.15, 0.2) is 58.4 Å². The van der Waals surface area contributed by atoms with E-state index in [1.807, 2.05) is 47.3 Å². The van der Waals surface area contributed by atoms with Crippen LogP contribution in [0.1, 0.15) is 29.9 Å². The van der Waals surface area contributed by atoms with Crippen molar-refractivity contribution in [3.05, 3.63) is 80.8 Å². The normalized spacial score (nSPS) is 13.9. The number of nitrogens with one attached hydrogen (secondary N) is 2. The van der Waals surface area contributed by atoms with Crippen LogP contribution in [-0.4, -0.2) is 24.7 Å². The molecule has 3 heterocycles. The number of pyridine rings is 1. The SMILES string of the molecule is O=c1[nH]c(=O)c2nc(-c3ccccc3Cn3cccn3)cc(C3CC3)c2[nH]1. The molecule has 1 aliphatic carbocycles. The van der Waals surface area contributed by atoms with Crippen LogP contribution < -0.4 is 11.2 Å². The molecule has 134 valence electrons. The van der Waals surface area contributed by atoms with E-state index in [0.29, 0.717) is 18.0 Å². The Morgan fingerprint density at radius 1 is 1.11 bits per heavy atom. The second-order valence-electron chi connectivity index (χ2n) is 6.86. The molecule has 3 aromatic heterocycles. The van der Waals surface area contributed by atoms with E-state index in [4.69, 9.17) is 0 Å². The zero-order valence-electron chi connectivity index (χ0n) is 14.5. The zero-order chi connectivity index (χ0) is 18.4. The summed E-state index contributed by atoms with van der Waals surface area (Å²) in [5.41, 5.74) is 3.64. The highest BCUT2D eigenvalue weighted by atomic mass is 16.2. The molecule has 7 nitrogen and oxygen atoms in total. The fraction of sp³-hybridized carbons (Fsp3) is 0.200. The van der Waals surface area contributed by atoms with E-state index in [2.05, 4.69) is 20.1 Å². The Bertz CT molecular complexity index is 1250. The number of aromatic nitrogens is 5. The Morgan fingerprint density at radius 3 is 2.74 bits per heavy atom. The summed E-state index contributed by atoms with van der Waals surface area (Å²) < 4.78 is 1.85. The van der Waals surface area contributed by atoms with Gasteiger partial charge in [-0.25, -0.2) is 9.78 Å². The summed E-state index contributed by atoms with van der Waals surface area (Å²) in [6.07, 6.45) is 5.78. The summed E-state index contributed by atoms with van der Waals surface area (Å²) >= 11 is 0. The minimum absolute atomic E-state index is 0.280. The number of rotatable bonds is 4. The largest absolute Gasteiger partial charge is 0.326 e. The first-order valence-corrected chi connectivity index (χ1v) is 8.92. The molecule has 4 aromatic rings. The standard InChI is InChI=1S/C20H17N5O2/c26-19-18-17(23-20(27)24-19)15(12-6-7-12)10-16(22-18)14-5-2-1-4-13(14)11-25-9-3-8-21-25/h1-5,8-10,12H,6-7,11H2,(H2,23,24,26,27). The van der Waals surface area contributed by atoms with E-state index < -0.39 is 11.2 Å². The first kappa shape index (κ1) is 15.7. The highest BCUT2D eigenvalue weighted by Gasteiger charge is 2.28. The third-order valence-corrected chi connectivity index (χ3v) is 4.93. The van der Waals surface area contributed by atoms with E-state index in [1.54, 1.807) is 6.20 Å². The van der Waals surface area contributed by atoms with Crippen molar-refractivity contribution in [2.24, 2.45) is 0 Å². The molecule has 7 heteroatoms. The summed E-state index contributed by atoms with van der Waals surface area (Å²) in [5.74, 6) is 0.366. The van der Waals surface area contributed by atoms with Gasteiger partial charge in [-0.05, 0) is 42.0 Å². The monoisotopic (exact) mass is 359 g/mol. The minimum Gasteiger partial charge on any atom is -0.305 e. The molecule has 0 saturated heterocycles. The van der Waals surface area contributed by atoms with Crippen LogP contribution in [0.4, 0.5) is 0 Å². The maximum Gasteiger partial charge on any atom is 0.326 e. The number of nitrogens with zero attached hydrogens (tertiary/aromatic N) is 3. The average Bonchev–Trinajstić information content (AvgIpc) is 3.38. The molecule has 0 atom stereocenters. The zero-order valence-corrected chi connectivity index (χ0v) is 14.5. The Balaban J connectivity index is 1.72. The van der Waals surface area contributed by atoms with Gasteiger partial charge < -0.3 is 4.98 Å². The summed E-state index contributed by atoms with van der Waals surface area (Å²) in [5, 5.41) is 4.28. The molecule has 5 rings (SSSR count). The number of aromatic amines is 2. The van der Waals surface area contributed by atoms with Crippen LogP contribution in [0, 0.1) is 0 Å². The predicted octanol–water partition coefficient (Wildman–Crippen LogP) is 2.40. The Morgan fingerprint density at radius 2 is 1.96 bits per heavy atom. The predicted molar refractivity (Wildman–Crippen MR) is 102 cm³/mol. The molecule has 1 fully saturated rings. The number of hydrogen-bond acceptors (Lipinski definition) is 4. The van der Waals surface area contributed by atoms with Gasteiger partial charge in [-0.2, -0.15) is 5.10 Å². The molecule has 27 heavy (non-hydrogen) atoms. The lowest BCUT2D eigenvalue weighted by molar-refractivity contribution is 0.687. The van der Waals surface area contributed by atoms with Crippen LogP contribution in [0.3, 0.4) is 0 Å². The van der Waals surface area contributed by atoms with E-state index in [-0.39, 0.29) is 5.52 Å². The number of hydrogen-bond donors (Lipinski definition) is 2. The molecular formula is C20H17N5O2. The summed E-state index contributed by atoms with van der Waals surface area (Å²) in [6, 6.07) is 11.9. The number of fused-ring (bicyclic) bond motifs is 1. The van der Waals surface area contributed by atoms with Crippen LogP contribution in [-0.2, 0) is 6.54 Å². The highest BCUT2D eigenvalue weighted by Crippen LogP contribution is 2.43. The lowest BCUT2D eigenvalue weighted by atomic mass is 10.0. The Labute approximate surface area is 153 Å². The molecule has 0 aliphatic heterocycles. The molecule has 1 aliphatic rings. The summed E-state index contributed by atoms with van der Waals surface area (Å²) in [6.45, 7) is 0.615. The van der Waals surface area contributed by atoms with Crippen LogP contribution in [0.2, 0.25) is 0 Å². The molecule has 0 unspecified atom stereocenters. The molecule has 0 amide bonds. The van der Waals surface area contributed by atoms with E-state index in [0.717, 1.165) is 35.2 Å². The Hall–Kier alpha value is -3.48. The first-order chi connectivity index (χ1) is 13.2. The summed E-state index contributed by atoms with van der Waals surface area (Å²) in [4.78, 5) is 33.8. The van der Waals surface area contributed by atoms with Crippen molar-refractivity contribution in [2.45, 2.75) is 25.3 Å². The van der Waals surface area contributed by atoms with Crippen molar-refractivity contribution < 1.29 is 0 Å². The minimum atomic E-state index is -0.497. The molecule has 0 radical (unpaired) electrons. The molecule has 0 spiro atoms. The lowest BCUT2D eigenvalue weighted by Gasteiger charge is -2.12. The van der Waals surface area contributed by atoms with Crippen LogP contribution >= 0.6 is 0 Å². The molecular weight excluding hydrogens is 342 g/mol. The maximum absolute atomic E-state index is 12.4. The molecule has 0 bridgehead atoms. The van der Waals surface area contributed by atoms with Gasteiger partial charge in [0.1, 0.15) is 0 Å². The van der Waals surface area contributed by atoms with Gasteiger partial charge in [-0.15, -0.1) is 0 Å². The second kappa shape index (κ2) is 6.05. The first-order valence-electron chi connectivity index (χ1n) is 8.92. The van der Waals surface area contributed by atoms with Crippen LogP contribution in [0.5, 0.6) is 0 Å². The van der Waals surface area contributed by atoms with Gasteiger partial charge >= 0.3 is 5.69 Å². The summed E-state index contributed by atoms with van der Waals surface area (Å²) in [7, 11) is 0. The highest BCUT2D eigenvalue weighted by molar-refractivity contribution is 5.82. The Kier molecular flexibility index (Phi) is 3.53. The van der Waals surface area contributed by atoms with Gasteiger partial charge in [-0.3, -0.25) is 14.5 Å². The number of H-pyrrole nitrogens is 2. The molecule has 1 aromatic carbocycles. The van der Waals surface area contributed by atoms with Crippen molar-refractivity contribution >= 4 is 11.0 Å². The van der Waals surface area contributed by atoms with Crippen molar-refractivity contribution in [1.82, 2.24) is 24.7 Å². The third kappa shape index (κ3) is 2.87. The van der Waals surface area contributed by atoms with Crippen molar-refractivity contribution in [2.75, 3.05) is 0 Å². The molecule has 1 saturated carbocycles. The van der Waals surface area contributed by atoms with Crippen molar-refractivity contribution in [1.29, 1.82) is 0 Å². The topological polar surface area (TPSA) is 96.4 Å². The fourth-order valence-electron chi connectivity index (χ4n) is 3.50. The van der Waals surface area contributed by atoms with Crippen LogP contribution in [0.25, 0.3) is 22.3 Å². The van der Waals surface area contributed by atoms with E-state index in [9.17, 15) is 9.59 Å². The third-order valence-electron chi connectivity index (χ3n) is 4.93. The molecule has 2 N–H and O–H groups in total. The van der Waals surface area contributed by atoms with E-state index >= 15 is 0 Å². The lowest BCUT2D eigenvalue weighted by Crippen LogP contribution is -2.23. The maximum atomic E-state index is 12.4. The average molecular weight is 359 g/mol. The van der Waals surface area contributed by atoms with Gasteiger partial charge in [0, 0.05) is 18.0 Å². The fourth-order valence-corrected chi connectivity index (χ4v) is 3.50. The van der Waals surface area contributed by atoms with Gasteiger partial charge in [0.25, 0.3) is 5.56 Å². The quantitative estimate of drug-likeness (QED) is 0.585. The van der Waals surface area contributed by atoms with Gasteiger partial charge in [0.05, 0.1) is 17.8 Å².